The second kappa shape index (κ2) is 5.03. The molecule has 1 aromatic heterocycles. The fourth-order valence-electron chi connectivity index (χ4n) is 2.09. The van der Waals surface area contributed by atoms with Gasteiger partial charge in [-0.3, -0.25) is 14.4 Å². The van der Waals surface area contributed by atoms with Gasteiger partial charge in [-0.2, -0.15) is 0 Å². The number of piperidine rings is 1. The molecule has 0 bridgehead atoms. The number of aromatic nitrogens is 1. The number of carboxylic acids is 1. The van der Waals surface area contributed by atoms with Crippen LogP contribution in [0.4, 0.5) is 0 Å². The van der Waals surface area contributed by atoms with Crippen molar-refractivity contribution in [3.8, 4) is 0 Å². The zero-order valence-electron chi connectivity index (χ0n) is 9.76. The average Bonchev–Trinajstić information content (AvgIpc) is 2.39. The predicted molar refractivity (Wildman–Crippen MR) is 63.3 cm³/mol. The van der Waals surface area contributed by atoms with Crippen molar-refractivity contribution >= 4 is 11.9 Å². The standard InChI is InChI=1S/C12H14N2O4/c15-10-4-3-8(6-13-10)11(16)14-5-1-2-9(7-14)12(17)18/h3-4,6,9H,1-2,5,7H2,(H,13,15)(H,17,18). The first kappa shape index (κ1) is 12.3. The third kappa shape index (κ3) is 2.58. The molecule has 2 rings (SSSR count). The minimum atomic E-state index is -0.867. The highest BCUT2D eigenvalue weighted by atomic mass is 16.4. The van der Waals surface area contributed by atoms with Gasteiger partial charge in [0.2, 0.25) is 5.56 Å². The van der Waals surface area contributed by atoms with E-state index in [-0.39, 0.29) is 18.0 Å². The number of carbonyl (C=O) groups excluding carboxylic acids is 1. The monoisotopic (exact) mass is 250 g/mol. The first-order valence-electron chi connectivity index (χ1n) is 5.79. The first-order valence-corrected chi connectivity index (χ1v) is 5.79. The zero-order chi connectivity index (χ0) is 13.1. The minimum absolute atomic E-state index is 0.229. The molecule has 96 valence electrons. The Hall–Kier alpha value is -2.11. The third-order valence-corrected chi connectivity index (χ3v) is 3.09. The van der Waals surface area contributed by atoms with E-state index in [1.54, 1.807) is 0 Å². The van der Waals surface area contributed by atoms with E-state index in [9.17, 15) is 14.4 Å². The van der Waals surface area contributed by atoms with Crippen LogP contribution in [0.25, 0.3) is 0 Å². The highest BCUT2D eigenvalue weighted by Gasteiger charge is 2.28. The molecule has 1 amide bonds. The maximum absolute atomic E-state index is 12.1. The van der Waals surface area contributed by atoms with Crippen LogP contribution in [-0.2, 0) is 4.79 Å². The van der Waals surface area contributed by atoms with E-state index in [0.717, 1.165) is 0 Å². The summed E-state index contributed by atoms with van der Waals surface area (Å²) < 4.78 is 0. The van der Waals surface area contributed by atoms with Gasteiger partial charge < -0.3 is 15.0 Å². The number of pyridine rings is 1. The Balaban J connectivity index is 2.11. The van der Waals surface area contributed by atoms with E-state index in [1.165, 1.54) is 23.2 Å². The van der Waals surface area contributed by atoms with Crippen molar-refractivity contribution in [3.05, 3.63) is 34.2 Å². The summed E-state index contributed by atoms with van der Waals surface area (Å²) in [5, 5.41) is 8.96. The molecule has 2 N–H and O–H groups in total. The van der Waals surface area contributed by atoms with Gasteiger partial charge in [-0.25, -0.2) is 0 Å². The lowest BCUT2D eigenvalue weighted by Crippen LogP contribution is -2.42. The van der Waals surface area contributed by atoms with Crippen LogP contribution >= 0.6 is 0 Å². The predicted octanol–water partition coefficient (Wildman–Crippen LogP) is 0.312. The van der Waals surface area contributed by atoms with Crippen molar-refractivity contribution in [1.29, 1.82) is 0 Å². The van der Waals surface area contributed by atoms with E-state index in [2.05, 4.69) is 4.98 Å². The number of nitrogens with zero attached hydrogens (tertiary/aromatic N) is 1. The molecule has 18 heavy (non-hydrogen) atoms. The van der Waals surface area contributed by atoms with Gasteiger partial charge in [0.15, 0.2) is 0 Å². The lowest BCUT2D eigenvalue weighted by molar-refractivity contribution is -0.143. The normalized spacial score (nSPS) is 19.6. The molecule has 1 atom stereocenters. The van der Waals surface area contributed by atoms with Gasteiger partial charge >= 0.3 is 5.97 Å². The van der Waals surface area contributed by atoms with Gasteiger partial charge in [0.1, 0.15) is 0 Å². The number of amides is 1. The van der Waals surface area contributed by atoms with Gasteiger partial charge in [-0.05, 0) is 18.9 Å². The minimum Gasteiger partial charge on any atom is -0.481 e. The van der Waals surface area contributed by atoms with Crippen LogP contribution in [0.1, 0.15) is 23.2 Å². The molecule has 0 aromatic carbocycles. The molecular weight excluding hydrogens is 236 g/mol. The second-order valence-electron chi connectivity index (χ2n) is 4.37. The molecule has 0 saturated carbocycles. The molecule has 1 aromatic rings. The lowest BCUT2D eigenvalue weighted by atomic mass is 9.98. The van der Waals surface area contributed by atoms with Crippen LogP contribution in [0, 0.1) is 5.92 Å². The number of aromatic amines is 1. The quantitative estimate of drug-likeness (QED) is 0.790. The Kier molecular flexibility index (Phi) is 3.45. The van der Waals surface area contributed by atoms with Crippen molar-refractivity contribution in [1.82, 2.24) is 9.88 Å². The van der Waals surface area contributed by atoms with Crippen molar-refractivity contribution in [2.45, 2.75) is 12.8 Å². The van der Waals surface area contributed by atoms with E-state index in [0.29, 0.717) is 24.9 Å². The Morgan fingerprint density at radius 3 is 2.78 bits per heavy atom. The van der Waals surface area contributed by atoms with Crippen molar-refractivity contribution < 1.29 is 14.7 Å². The molecule has 0 radical (unpaired) electrons. The summed E-state index contributed by atoms with van der Waals surface area (Å²) in [7, 11) is 0. The summed E-state index contributed by atoms with van der Waals surface area (Å²) in [6.45, 7) is 0.787. The SMILES string of the molecule is O=C(O)C1CCCN(C(=O)c2ccc(=O)[nH]c2)C1. The van der Waals surface area contributed by atoms with E-state index >= 15 is 0 Å². The van der Waals surface area contributed by atoms with Crippen molar-refractivity contribution in [2.75, 3.05) is 13.1 Å². The van der Waals surface area contributed by atoms with Gasteiger partial charge in [0, 0.05) is 25.4 Å². The van der Waals surface area contributed by atoms with Crippen LogP contribution in [0.15, 0.2) is 23.1 Å². The van der Waals surface area contributed by atoms with Crippen LogP contribution in [0.5, 0.6) is 0 Å². The lowest BCUT2D eigenvalue weighted by Gasteiger charge is -2.30. The maximum Gasteiger partial charge on any atom is 0.308 e. The Morgan fingerprint density at radius 2 is 2.17 bits per heavy atom. The first-order chi connectivity index (χ1) is 8.58. The number of hydrogen-bond acceptors (Lipinski definition) is 3. The van der Waals surface area contributed by atoms with Crippen LogP contribution < -0.4 is 5.56 Å². The summed E-state index contributed by atoms with van der Waals surface area (Å²) in [6.07, 6.45) is 2.64. The number of carboxylic acid groups (broad SMARTS) is 1. The number of likely N-dealkylation sites (tertiary alicyclic amines) is 1. The molecule has 0 aliphatic carbocycles. The molecular formula is C12H14N2O4. The molecule has 1 aliphatic heterocycles. The maximum atomic E-state index is 12.1. The van der Waals surface area contributed by atoms with E-state index in [4.69, 9.17) is 5.11 Å². The molecule has 6 nitrogen and oxygen atoms in total. The fourth-order valence-corrected chi connectivity index (χ4v) is 2.09. The number of nitrogens with one attached hydrogen (secondary N) is 1. The summed E-state index contributed by atoms with van der Waals surface area (Å²) in [5.74, 6) is -1.60. The number of hydrogen-bond donors (Lipinski definition) is 2. The molecule has 6 heteroatoms. The Morgan fingerprint density at radius 1 is 1.39 bits per heavy atom. The second-order valence-corrected chi connectivity index (χ2v) is 4.37. The number of H-pyrrole nitrogens is 1. The summed E-state index contributed by atoms with van der Waals surface area (Å²) in [4.78, 5) is 37.9. The van der Waals surface area contributed by atoms with Crippen molar-refractivity contribution in [3.63, 3.8) is 0 Å². The van der Waals surface area contributed by atoms with Gasteiger partial charge in [-0.1, -0.05) is 0 Å². The third-order valence-electron chi connectivity index (χ3n) is 3.09. The molecule has 1 unspecified atom stereocenters. The number of aliphatic carboxylic acids is 1. The molecule has 2 heterocycles. The highest BCUT2D eigenvalue weighted by Crippen LogP contribution is 2.18. The van der Waals surface area contributed by atoms with Crippen LogP contribution in [0.2, 0.25) is 0 Å². The van der Waals surface area contributed by atoms with Crippen LogP contribution in [0.3, 0.4) is 0 Å². The van der Waals surface area contributed by atoms with Crippen molar-refractivity contribution in [2.24, 2.45) is 5.92 Å². The summed E-state index contributed by atoms with van der Waals surface area (Å²) >= 11 is 0. The molecule has 0 spiro atoms. The topological polar surface area (TPSA) is 90.5 Å². The highest BCUT2D eigenvalue weighted by molar-refractivity contribution is 5.94. The number of rotatable bonds is 2. The van der Waals surface area contributed by atoms with Crippen LogP contribution in [-0.4, -0.2) is 40.0 Å². The van der Waals surface area contributed by atoms with Gasteiger partial charge in [0.05, 0.1) is 11.5 Å². The van der Waals surface area contributed by atoms with E-state index < -0.39 is 11.9 Å². The molecule has 1 fully saturated rings. The van der Waals surface area contributed by atoms with E-state index in [1.807, 2.05) is 0 Å². The van der Waals surface area contributed by atoms with Gasteiger partial charge in [0.25, 0.3) is 5.91 Å². The average molecular weight is 250 g/mol. The smallest absolute Gasteiger partial charge is 0.308 e. The Bertz CT molecular complexity index is 503. The Labute approximate surface area is 103 Å². The largest absolute Gasteiger partial charge is 0.481 e. The number of carbonyl (C=O) groups is 2. The molecule has 1 aliphatic rings. The molecule has 1 saturated heterocycles. The zero-order valence-corrected chi connectivity index (χ0v) is 9.76. The summed E-state index contributed by atoms with van der Waals surface area (Å²) in [6, 6.07) is 2.73. The fraction of sp³-hybridized carbons (Fsp3) is 0.417. The van der Waals surface area contributed by atoms with Gasteiger partial charge in [-0.15, -0.1) is 0 Å². The summed E-state index contributed by atoms with van der Waals surface area (Å²) in [5.41, 5.74) is 0.106.